The van der Waals surface area contributed by atoms with Crippen LogP contribution in [-0.2, 0) is 18.3 Å². The van der Waals surface area contributed by atoms with Gasteiger partial charge in [0.1, 0.15) is 30.2 Å². The molecule has 2 aromatic rings. The molecule has 1 unspecified atom stereocenters. The molecule has 13 heteroatoms. The van der Waals surface area contributed by atoms with Gasteiger partial charge in [-0.3, -0.25) is 13.6 Å². The van der Waals surface area contributed by atoms with Crippen LogP contribution in [0.2, 0.25) is 0 Å². The first-order chi connectivity index (χ1) is 16.3. The van der Waals surface area contributed by atoms with Crippen molar-refractivity contribution in [1.29, 1.82) is 0 Å². The normalized spacial score (nSPS) is 24.6. The van der Waals surface area contributed by atoms with E-state index < -0.39 is 39.0 Å². The number of unbranched alkanes of at least 4 members (excludes halogenated alkanes) is 8. The average Bonchev–Trinajstić information content (AvgIpc) is 3.36. The van der Waals surface area contributed by atoms with E-state index in [0.717, 1.165) is 19.3 Å². The summed E-state index contributed by atoms with van der Waals surface area (Å²) >= 11 is 0. The Morgan fingerprint density at radius 1 is 1.03 bits per heavy atom. The molecule has 0 aromatic carbocycles. The minimum Gasteiger partial charge on any atom is -0.387 e. The van der Waals surface area contributed by atoms with E-state index in [9.17, 15) is 19.7 Å². The molecule has 0 radical (unpaired) electrons. The number of aliphatic hydroxyl groups excluding tert-OH is 2. The molecule has 1 saturated heterocycles. The maximum Gasteiger partial charge on any atom is 0.472 e. The highest BCUT2D eigenvalue weighted by Crippen LogP contribution is 2.44. The van der Waals surface area contributed by atoms with Crippen LogP contribution in [0.3, 0.4) is 0 Å². The highest BCUT2D eigenvalue weighted by molar-refractivity contribution is 7.47. The van der Waals surface area contributed by atoms with Crippen LogP contribution in [0.5, 0.6) is 0 Å². The molecular weight excluding hydrogens is 465 g/mol. The highest BCUT2D eigenvalue weighted by Gasteiger charge is 2.45. The smallest absolute Gasteiger partial charge is 0.387 e. The van der Waals surface area contributed by atoms with Crippen molar-refractivity contribution in [3.05, 3.63) is 12.7 Å². The number of anilines is 1. The van der Waals surface area contributed by atoms with Gasteiger partial charge in [0.25, 0.3) is 0 Å². The Morgan fingerprint density at radius 3 is 2.41 bits per heavy atom. The van der Waals surface area contributed by atoms with E-state index in [2.05, 4.69) is 21.9 Å². The van der Waals surface area contributed by atoms with Gasteiger partial charge in [0.15, 0.2) is 17.7 Å². The van der Waals surface area contributed by atoms with Gasteiger partial charge in [0, 0.05) is 0 Å². The van der Waals surface area contributed by atoms with Gasteiger partial charge in [-0.25, -0.2) is 19.5 Å². The predicted octanol–water partition coefficient (Wildman–Crippen LogP) is 2.69. The fraction of sp³-hybridized carbons (Fsp3) is 0.762. The number of hydrogen-bond acceptors (Lipinski definition) is 10. The van der Waals surface area contributed by atoms with Crippen molar-refractivity contribution in [2.75, 3.05) is 18.9 Å². The summed E-state index contributed by atoms with van der Waals surface area (Å²) in [6, 6.07) is 0. The molecule has 192 valence electrons. The first-order valence-electron chi connectivity index (χ1n) is 11.9. The Labute approximate surface area is 199 Å². The van der Waals surface area contributed by atoms with Gasteiger partial charge in [-0.15, -0.1) is 0 Å². The van der Waals surface area contributed by atoms with Crippen LogP contribution >= 0.6 is 7.82 Å². The third-order valence-corrected chi connectivity index (χ3v) is 6.89. The number of phosphoric acid groups is 1. The number of ether oxygens (including phenoxy) is 1. The summed E-state index contributed by atoms with van der Waals surface area (Å²) in [5, 5.41) is 20.8. The number of nitrogen functional groups attached to an aromatic ring is 1. The molecular formula is C21H36N5O7P. The minimum atomic E-state index is -4.32. The zero-order valence-electron chi connectivity index (χ0n) is 19.5. The molecule has 0 aliphatic carbocycles. The highest BCUT2D eigenvalue weighted by atomic mass is 31.2. The number of aromatic nitrogens is 4. The predicted molar refractivity (Wildman–Crippen MR) is 125 cm³/mol. The number of aliphatic hydroxyl groups is 2. The van der Waals surface area contributed by atoms with Crippen molar-refractivity contribution >= 4 is 24.8 Å². The second kappa shape index (κ2) is 12.9. The van der Waals surface area contributed by atoms with E-state index in [1.165, 1.54) is 49.3 Å². The lowest BCUT2D eigenvalue weighted by Gasteiger charge is -2.17. The number of phosphoric ester groups is 1. The number of rotatable bonds is 15. The Morgan fingerprint density at radius 2 is 1.71 bits per heavy atom. The molecule has 3 rings (SSSR count). The van der Waals surface area contributed by atoms with Crippen molar-refractivity contribution < 1.29 is 33.5 Å². The van der Waals surface area contributed by atoms with Gasteiger partial charge in [0.2, 0.25) is 0 Å². The molecule has 0 amide bonds. The second-order valence-electron chi connectivity index (χ2n) is 8.56. The first-order valence-corrected chi connectivity index (χ1v) is 13.4. The molecule has 0 bridgehead atoms. The van der Waals surface area contributed by atoms with Crippen LogP contribution in [0.15, 0.2) is 12.7 Å². The number of nitrogens with zero attached hydrogens (tertiary/aromatic N) is 4. The summed E-state index contributed by atoms with van der Waals surface area (Å²) in [7, 11) is -4.32. The van der Waals surface area contributed by atoms with E-state index in [1.807, 2.05) is 0 Å². The van der Waals surface area contributed by atoms with Crippen LogP contribution in [-0.4, -0.2) is 66.2 Å². The molecule has 3 heterocycles. The third-order valence-electron chi connectivity index (χ3n) is 5.90. The van der Waals surface area contributed by atoms with Gasteiger partial charge in [-0.1, -0.05) is 58.3 Å². The zero-order valence-corrected chi connectivity index (χ0v) is 20.4. The van der Waals surface area contributed by atoms with Crippen LogP contribution in [0.1, 0.15) is 70.9 Å². The quantitative estimate of drug-likeness (QED) is 0.208. The lowest BCUT2D eigenvalue weighted by Crippen LogP contribution is -2.33. The Bertz CT molecular complexity index is 945. The van der Waals surface area contributed by atoms with Gasteiger partial charge < -0.3 is 25.6 Å². The third kappa shape index (κ3) is 7.17. The Kier molecular flexibility index (Phi) is 10.2. The molecule has 5 N–H and O–H groups in total. The Hall–Kier alpha value is -1.66. The van der Waals surface area contributed by atoms with Gasteiger partial charge in [-0.2, -0.15) is 0 Å². The second-order valence-corrected chi connectivity index (χ2v) is 10.0. The molecule has 1 aliphatic heterocycles. The number of hydrogen-bond donors (Lipinski definition) is 4. The summed E-state index contributed by atoms with van der Waals surface area (Å²) in [6.45, 7) is 1.86. The molecule has 34 heavy (non-hydrogen) atoms. The lowest BCUT2D eigenvalue weighted by atomic mass is 10.1. The molecule has 0 saturated carbocycles. The van der Waals surface area contributed by atoms with Gasteiger partial charge in [-0.05, 0) is 6.42 Å². The summed E-state index contributed by atoms with van der Waals surface area (Å²) < 4.78 is 29.3. The Balaban J connectivity index is 1.39. The van der Waals surface area contributed by atoms with Crippen LogP contribution in [0, 0.1) is 0 Å². The van der Waals surface area contributed by atoms with Crippen LogP contribution in [0.4, 0.5) is 5.82 Å². The van der Waals surface area contributed by atoms with Crippen molar-refractivity contribution in [2.45, 2.75) is 89.3 Å². The largest absolute Gasteiger partial charge is 0.472 e. The van der Waals surface area contributed by atoms with Crippen molar-refractivity contribution in [1.82, 2.24) is 19.5 Å². The minimum absolute atomic E-state index is 0.102. The van der Waals surface area contributed by atoms with E-state index in [0.29, 0.717) is 17.6 Å². The van der Waals surface area contributed by atoms with Crippen molar-refractivity contribution in [3.8, 4) is 0 Å². The maximum atomic E-state index is 12.2. The summed E-state index contributed by atoms with van der Waals surface area (Å²) in [5.41, 5.74) is 6.43. The number of fused-ring (bicyclic) bond motifs is 1. The van der Waals surface area contributed by atoms with E-state index in [-0.39, 0.29) is 12.4 Å². The monoisotopic (exact) mass is 501 g/mol. The lowest BCUT2D eigenvalue weighted by molar-refractivity contribution is -0.0514. The van der Waals surface area contributed by atoms with E-state index in [1.54, 1.807) is 0 Å². The molecule has 1 aliphatic rings. The summed E-state index contributed by atoms with van der Waals surface area (Å²) in [4.78, 5) is 22.0. The van der Waals surface area contributed by atoms with Crippen LogP contribution in [0.25, 0.3) is 11.2 Å². The SMILES string of the molecule is CCCCCCCCCCCOP(=O)(O)OC[C@H]1O[C@@H](n2cnc3c(N)ncnc32)[C@H](O)[C@@H]1O. The summed E-state index contributed by atoms with van der Waals surface area (Å²) in [5.74, 6) is 0.169. The fourth-order valence-corrected chi connectivity index (χ4v) is 4.72. The van der Waals surface area contributed by atoms with Crippen LogP contribution < -0.4 is 5.73 Å². The molecule has 12 nitrogen and oxygen atoms in total. The first kappa shape index (κ1) is 26.9. The maximum absolute atomic E-state index is 12.2. The molecule has 1 fully saturated rings. The number of imidazole rings is 1. The zero-order chi connectivity index (χ0) is 24.6. The standard InChI is InChI=1S/C21H36N5O7P/c1-2-3-4-5-6-7-8-9-10-11-31-34(29,30)32-12-15-17(27)18(28)21(33-15)26-14-25-16-19(22)23-13-24-20(16)26/h13-15,17-18,21,27-28H,2-12H2,1H3,(H,29,30)(H2,22,23,24)/t15-,17-,18-,21-/m1/s1. The molecule has 5 atom stereocenters. The van der Waals surface area contributed by atoms with Gasteiger partial charge >= 0.3 is 7.82 Å². The summed E-state index contributed by atoms with van der Waals surface area (Å²) in [6.07, 6.45) is 7.88. The average molecular weight is 502 g/mol. The van der Waals surface area contributed by atoms with Crippen molar-refractivity contribution in [3.63, 3.8) is 0 Å². The number of nitrogens with two attached hydrogens (primary N) is 1. The molecule has 2 aromatic heterocycles. The fourth-order valence-electron chi connectivity index (χ4n) is 3.95. The van der Waals surface area contributed by atoms with Crippen molar-refractivity contribution in [2.24, 2.45) is 0 Å². The topological polar surface area (TPSA) is 175 Å². The van der Waals surface area contributed by atoms with Gasteiger partial charge in [0.05, 0.1) is 19.5 Å². The van der Waals surface area contributed by atoms with E-state index in [4.69, 9.17) is 19.5 Å². The van der Waals surface area contributed by atoms with E-state index >= 15 is 0 Å². The molecule has 0 spiro atoms.